The molecule has 0 aliphatic heterocycles. The summed E-state index contributed by atoms with van der Waals surface area (Å²) < 4.78 is 31.0. The highest BCUT2D eigenvalue weighted by molar-refractivity contribution is 5.93. The minimum atomic E-state index is -0.852. The third-order valence-electron chi connectivity index (χ3n) is 7.88. The van der Waals surface area contributed by atoms with Crippen LogP contribution in [-0.2, 0) is 0 Å². The monoisotopic (exact) mass is 572 g/mol. The van der Waals surface area contributed by atoms with Gasteiger partial charge in [0, 0.05) is 35.8 Å². The number of hydrogen-bond donors (Lipinski definition) is 2. The van der Waals surface area contributed by atoms with Gasteiger partial charge in [-0.25, -0.2) is 13.8 Å². The molecule has 2 N–H and O–H groups in total. The van der Waals surface area contributed by atoms with Crippen molar-refractivity contribution in [3.63, 3.8) is 0 Å². The van der Waals surface area contributed by atoms with Crippen molar-refractivity contribution in [3.05, 3.63) is 88.2 Å². The van der Waals surface area contributed by atoms with Gasteiger partial charge in [0.1, 0.15) is 17.3 Å². The summed E-state index contributed by atoms with van der Waals surface area (Å²) in [5.74, 6) is -0.726. The van der Waals surface area contributed by atoms with Gasteiger partial charge in [0.25, 0.3) is 5.56 Å². The van der Waals surface area contributed by atoms with E-state index < -0.39 is 22.9 Å². The van der Waals surface area contributed by atoms with Gasteiger partial charge < -0.3 is 15.5 Å². The minimum Gasteiger partial charge on any atom is -0.385 e. The minimum absolute atomic E-state index is 0.123. The molecule has 1 saturated carbocycles. The maximum Gasteiger partial charge on any atom is 0.256 e. The Morgan fingerprint density at radius 1 is 1.07 bits per heavy atom. The number of hydrogen-bond acceptors (Lipinski definition) is 6. The van der Waals surface area contributed by atoms with E-state index in [1.807, 2.05) is 25.1 Å². The van der Waals surface area contributed by atoms with Gasteiger partial charge >= 0.3 is 0 Å². The van der Waals surface area contributed by atoms with E-state index in [4.69, 9.17) is 4.98 Å². The molecule has 0 spiro atoms. The standard InChI is InChI=1S/C33H38F2N6O/c1-5-40(6-2)18-8-17-36-33-38-30(26-19-24(14-11-21(26)3)22(4)37-20-23-12-13-23)25-15-16-29(42)41(32(25)39-33)31-27(34)9-7-10-28(31)35/h7,9-11,14-16,19,23,37H,4-6,8,12-13,17-18,20H2,1-3H3,(H,36,38,39). The molecule has 42 heavy (non-hydrogen) atoms. The molecule has 220 valence electrons. The van der Waals surface area contributed by atoms with Crippen LogP contribution in [0.4, 0.5) is 14.7 Å². The molecule has 1 fully saturated rings. The Morgan fingerprint density at radius 2 is 1.81 bits per heavy atom. The topological polar surface area (TPSA) is 75.1 Å². The lowest BCUT2D eigenvalue weighted by Crippen LogP contribution is -2.25. The van der Waals surface area contributed by atoms with Crippen LogP contribution in [-0.4, -0.2) is 52.2 Å². The van der Waals surface area contributed by atoms with Crippen molar-refractivity contribution >= 4 is 22.7 Å². The van der Waals surface area contributed by atoms with E-state index in [0.717, 1.165) is 71.7 Å². The molecule has 2 aromatic heterocycles. The summed E-state index contributed by atoms with van der Waals surface area (Å²) in [5, 5.41) is 7.23. The Kier molecular flexibility index (Phi) is 8.97. The van der Waals surface area contributed by atoms with Gasteiger partial charge in [0.15, 0.2) is 5.65 Å². The lowest BCUT2D eigenvalue weighted by Gasteiger charge is -2.19. The SMILES string of the molecule is C=C(NCC1CC1)c1ccc(C)c(-c2nc(NCCCN(CC)CC)nc3c2ccc(=O)n3-c2c(F)cccc2F)c1. The van der Waals surface area contributed by atoms with E-state index in [0.29, 0.717) is 23.5 Å². The Balaban J connectivity index is 1.63. The van der Waals surface area contributed by atoms with E-state index >= 15 is 8.78 Å². The van der Waals surface area contributed by atoms with Crippen molar-refractivity contribution in [1.29, 1.82) is 0 Å². The fourth-order valence-corrected chi connectivity index (χ4v) is 5.12. The molecule has 5 rings (SSSR count). The molecular weight excluding hydrogens is 534 g/mol. The molecule has 1 aliphatic carbocycles. The Labute approximate surface area is 245 Å². The molecule has 9 heteroatoms. The summed E-state index contributed by atoms with van der Waals surface area (Å²) in [4.78, 5) is 25.0. The second-order valence-electron chi connectivity index (χ2n) is 10.9. The zero-order valence-corrected chi connectivity index (χ0v) is 24.5. The normalized spacial score (nSPS) is 13.1. The summed E-state index contributed by atoms with van der Waals surface area (Å²) in [6.45, 7) is 14.8. The van der Waals surface area contributed by atoms with Crippen molar-refractivity contribution in [2.75, 3.05) is 38.0 Å². The number of aryl methyl sites for hydroxylation is 1. The number of anilines is 1. The van der Waals surface area contributed by atoms with E-state index in [1.54, 1.807) is 6.07 Å². The average Bonchev–Trinajstić information content (AvgIpc) is 3.81. The number of pyridine rings is 1. The number of halogens is 2. The van der Waals surface area contributed by atoms with Crippen LogP contribution in [0.2, 0.25) is 0 Å². The summed E-state index contributed by atoms with van der Waals surface area (Å²) in [6.07, 6.45) is 3.33. The lowest BCUT2D eigenvalue weighted by molar-refractivity contribution is 0.303. The fraction of sp³-hybridized carbons (Fsp3) is 0.364. The van der Waals surface area contributed by atoms with Crippen molar-refractivity contribution in [3.8, 4) is 16.9 Å². The smallest absolute Gasteiger partial charge is 0.256 e. The molecule has 0 bridgehead atoms. The van der Waals surface area contributed by atoms with Crippen molar-refractivity contribution in [1.82, 2.24) is 24.8 Å². The molecule has 7 nitrogen and oxygen atoms in total. The third-order valence-corrected chi connectivity index (χ3v) is 7.88. The van der Waals surface area contributed by atoms with E-state index in [9.17, 15) is 4.79 Å². The average molecular weight is 573 g/mol. The number of nitrogens with one attached hydrogen (secondary N) is 2. The Bertz CT molecular complexity index is 1640. The Hall–Kier alpha value is -4.11. The first-order valence-corrected chi connectivity index (χ1v) is 14.7. The largest absolute Gasteiger partial charge is 0.385 e. The van der Waals surface area contributed by atoms with Crippen LogP contribution in [0.1, 0.15) is 44.2 Å². The van der Waals surface area contributed by atoms with Crippen LogP contribution >= 0.6 is 0 Å². The van der Waals surface area contributed by atoms with Crippen LogP contribution in [0, 0.1) is 24.5 Å². The summed E-state index contributed by atoms with van der Waals surface area (Å²) in [6, 6.07) is 12.5. The predicted octanol–water partition coefficient (Wildman–Crippen LogP) is 6.15. The summed E-state index contributed by atoms with van der Waals surface area (Å²) in [7, 11) is 0. The third kappa shape index (κ3) is 6.36. The van der Waals surface area contributed by atoms with Crippen LogP contribution in [0.3, 0.4) is 0 Å². The van der Waals surface area contributed by atoms with Crippen LogP contribution in [0.15, 0.2) is 59.9 Å². The lowest BCUT2D eigenvalue weighted by atomic mass is 9.98. The summed E-state index contributed by atoms with van der Waals surface area (Å²) in [5.41, 5.74) is 3.15. The predicted molar refractivity (Wildman–Crippen MR) is 166 cm³/mol. The second-order valence-corrected chi connectivity index (χ2v) is 10.9. The number of para-hydroxylation sites is 1. The van der Waals surface area contributed by atoms with Crippen molar-refractivity contribution in [2.45, 2.75) is 40.0 Å². The number of aromatic nitrogens is 3. The van der Waals surface area contributed by atoms with E-state index in [1.165, 1.54) is 25.0 Å². The van der Waals surface area contributed by atoms with Gasteiger partial charge in [0.2, 0.25) is 5.95 Å². The number of benzene rings is 2. The van der Waals surface area contributed by atoms with Gasteiger partial charge in [-0.1, -0.05) is 38.6 Å². The van der Waals surface area contributed by atoms with Gasteiger partial charge in [-0.05, 0) is 87.1 Å². The highest BCUT2D eigenvalue weighted by atomic mass is 19.1. The molecule has 0 atom stereocenters. The molecular formula is C33H38F2N6O. The molecule has 2 aromatic carbocycles. The van der Waals surface area contributed by atoms with Crippen LogP contribution < -0.4 is 16.2 Å². The highest BCUT2D eigenvalue weighted by Crippen LogP contribution is 2.33. The van der Waals surface area contributed by atoms with Gasteiger partial charge in [-0.3, -0.25) is 9.36 Å². The van der Waals surface area contributed by atoms with Gasteiger partial charge in [0.05, 0.1) is 5.69 Å². The summed E-state index contributed by atoms with van der Waals surface area (Å²) >= 11 is 0. The molecule has 0 amide bonds. The first kappa shape index (κ1) is 29.4. The maximum atomic E-state index is 15.0. The van der Waals surface area contributed by atoms with Gasteiger partial charge in [-0.15, -0.1) is 0 Å². The molecule has 2 heterocycles. The molecule has 0 radical (unpaired) electrons. The molecule has 0 saturated heterocycles. The molecule has 4 aromatic rings. The second kappa shape index (κ2) is 12.8. The molecule has 1 aliphatic rings. The zero-order valence-electron chi connectivity index (χ0n) is 24.5. The highest BCUT2D eigenvalue weighted by Gasteiger charge is 2.22. The quantitative estimate of drug-likeness (QED) is 0.187. The fourth-order valence-electron chi connectivity index (χ4n) is 5.12. The van der Waals surface area contributed by atoms with E-state index in [-0.39, 0.29) is 11.6 Å². The molecule has 0 unspecified atom stereocenters. The van der Waals surface area contributed by atoms with Crippen LogP contribution in [0.25, 0.3) is 33.7 Å². The zero-order chi connectivity index (χ0) is 29.8. The van der Waals surface area contributed by atoms with Crippen LogP contribution in [0.5, 0.6) is 0 Å². The van der Waals surface area contributed by atoms with Gasteiger partial charge in [-0.2, -0.15) is 4.98 Å². The maximum absolute atomic E-state index is 15.0. The van der Waals surface area contributed by atoms with Crippen molar-refractivity contribution < 1.29 is 8.78 Å². The first-order valence-electron chi connectivity index (χ1n) is 14.7. The van der Waals surface area contributed by atoms with Crippen molar-refractivity contribution in [2.24, 2.45) is 5.92 Å². The Morgan fingerprint density at radius 3 is 2.50 bits per heavy atom. The number of fused-ring (bicyclic) bond motifs is 1. The number of nitrogens with zero attached hydrogens (tertiary/aromatic N) is 4. The number of rotatable bonds is 13. The van der Waals surface area contributed by atoms with E-state index in [2.05, 4.69) is 40.9 Å². The first-order chi connectivity index (χ1) is 20.3.